The van der Waals surface area contributed by atoms with Crippen molar-refractivity contribution in [3.63, 3.8) is 0 Å². The van der Waals surface area contributed by atoms with Crippen molar-refractivity contribution in [1.29, 1.82) is 5.26 Å². The molecule has 0 bridgehead atoms. The van der Waals surface area contributed by atoms with Gasteiger partial charge in [-0.1, -0.05) is 12.1 Å². The Hall–Kier alpha value is -3.57. The van der Waals surface area contributed by atoms with Crippen molar-refractivity contribution in [2.24, 2.45) is 0 Å². The van der Waals surface area contributed by atoms with Crippen LogP contribution in [0.2, 0.25) is 0 Å². The van der Waals surface area contributed by atoms with Crippen LogP contribution in [0, 0.1) is 11.3 Å². The number of carbonyl (C=O) groups is 2. The fourth-order valence-electron chi connectivity index (χ4n) is 2.28. The molecule has 0 spiro atoms. The third kappa shape index (κ3) is 4.74. The molecule has 8 heteroatoms. The van der Waals surface area contributed by atoms with E-state index in [1.807, 2.05) is 12.1 Å². The molecule has 2 heterocycles. The molecule has 2 N–H and O–H groups in total. The molecule has 136 valence electrons. The van der Waals surface area contributed by atoms with Crippen LogP contribution in [0.1, 0.15) is 21.7 Å². The molecule has 7 nitrogen and oxygen atoms in total. The molecule has 0 fully saturated rings. The topological polar surface area (TPSA) is 104 Å². The van der Waals surface area contributed by atoms with Gasteiger partial charge in [-0.25, -0.2) is 4.79 Å². The monoisotopic (exact) mass is 381 g/mol. The van der Waals surface area contributed by atoms with Gasteiger partial charge >= 0.3 is 5.97 Å². The summed E-state index contributed by atoms with van der Waals surface area (Å²) in [5.74, 6) is -0.412. The van der Waals surface area contributed by atoms with Gasteiger partial charge in [0, 0.05) is 5.69 Å². The minimum absolute atomic E-state index is 0.311. The normalized spacial score (nSPS) is 10.0. The summed E-state index contributed by atoms with van der Waals surface area (Å²) >= 11 is 1.23. The van der Waals surface area contributed by atoms with Crippen LogP contribution in [0.15, 0.2) is 58.5 Å². The number of rotatable bonds is 7. The maximum Gasteiger partial charge on any atom is 0.340 e. The van der Waals surface area contributed by atoms with E-state index in [0.717, 1.165) is 5.76 Å². The average molecular weight is 381 g/mol. The Labute approximate surface area is 159 Å². The molecule has 2 aromatic heterocycles. The first-order valence-corrected chi connectivity index (χ1v) is 8.85. The number of carbonyl (C=O) groups excluding carboxylic acids is 2. The molecular formula is C19H15N3O4S. The smallest absolute Gasteiger partial charge is 0.340 e. The van der Waals surface area contributed by atoms with Crippen LogP contribution in [0.5, 0.6) is 0 Å². The van der Waals surface area contributed by atoms with Gasteiger partial charge in [0.1, 0.15) is 16.8 Å². The molecule has 0 radical (unpaired) electrons. The van der Waals surface area contributed by atoms with Gasteiger partial charge in [0.05, 0.1) is 23.9 Å². The van der Waals surface area contributed by atoms with Crippen molar-refractivity contribution in [3.05, 3.63) is 71.0 Å². The molecule has 0 atom stereocenters. The minimum atomic E-state index is -0.626. The predicted octanol–water partition coefficient (Wildman–Crippen LogP) is 3.62. The van der Waals surface area contributed by atoms with Crippen molar-refractivity contribution < 1.29 is 18.7 Å². The van der Waals surface area contributed by atoms with E-state index < -0.39 is 18.5 Å². The van der Waals surface area contributed by atoms with Crippen molar-refractivity contribution in [1.82, 2.24) is 0 Å². The number of amides is 1. The molecule has 0 saturated carbocycles. The molecule has 0 aliphatic heterocycles. The van der Waals surface area contributed by atoms with Crippen LogP contribution in [0.3, 0.4) is 0 Å². The molecule has 3 aromatic rings. The van der Waals surface area contributed by atoms with E-state index in [1.54, 1.807) is 48.0 Å². The molecule has 0 aliphatic rings. The first kappa shape index (κ1) is 18.2. The zero-order valence-corrected chi connectivity index (χ0v) is 14.9. The summed E-state index contributed by atoms with van der Waals surface area (Å²) in [4.78, 5) is 24.3. The van der Waals surface area contributed by atoms with E-state index in [1.165, 1.54) is 11.3 Å². The van der Waals surface area contributed by atoms with Gasteiger partial charge in [0.25, 0.3) is 5.91 Å². The van der Waals surface area contributed by atoms with Gasteiger partial charge in [-0.15, -0.1) is 11.3 Å². The number of thiophene rings is 1. The molecule has 1 amide bonds. The highest BCUT2D eigenvalue weighted by molar-refractivity contribution is 7.14. The Morgan fingerprint density at radius 2 is 2.04 bits per heavy atom. The van der Waals surface area contributed by atoms with E-state index >= 15 is 0 Å². The second-order valence-corrected chi connectivity index (χ2v) is 6.29. The lowest BCUT2D eigenvalue weighted by molar-refractivity contribution is -0.119. The Kier molecular flexibility index (Phi) is 5.87. The maximum absolute atomic E-state index is 12.3. The summed E-state index contributed by atoms with van der Waals surface area (Å²) < 4.78 is 10.3. The Morgan fingerprint density at radius 1 is 1.19 bits per heavy atom. The summed E-state index contributed by atoms with van der Waals surface area (Å²) in [7, 11) is 0. The summed E-state index contributed by atoms with van der Waals surface area (Å²) in [6.07, 6.45) is 1.57. The van der Waals surface area contributed by atoms with Gasteiger partial charge in [0.2, 0.25) is 0 Å². The van der Waals surface area contributed by atoms with Gasteiger partial charge < -0.3 is 19.8 Å². The van der Waals surface area contributed by atoms with Crippen LogP contribution < -0.4 is 10.6 Å². The van der Waals surface area contributed by atoms with Crippen LogP contribution in [-0.4, -0.2) is 18.5 Å². The lowest BCUT2D eigenvalue weighted by Crippen LogP contribution is -2.21. The number of nitriles is 1. The van der Waals surface area contributed by atoms with E-state index in [9.17, 15) is 9.59 Å². The highest BCUT2D eigenvalue weighted by Gasteiger charge is 2.15. The number of nitrogens with zero attached hydrogens (tertiary/aromatic N) is 1. The quantitative estimate of drug-likeness (QED) is 0.606. The molecule has 27 heavy (non-hydrogen) atoms. The highest BCUT2D eigenvalue weighted by Crippen LogP contribution is 2.22. The van der Waals surface area contributed by atoms with E-state index in [-0.39, 0.29) is 0 Å². The first-order chi connectivity index (χ1) is 13.2. The van der Waals surface area contributed by atoms with Crippen LogP contribution in [0.25, 0.3) is 0 Å². The number of nitrogens with one attached hydrogen (secondary N) is 2. The second-order valence-electron chi connectivity index (χ2n) is 5.38. The molecule has 0 aliphatic carbocycles. The van der Waals surface area contributed by atoms with E-state index in [0.29, 0.717) is 28.4 Å². The second kappa shape index (κ2) is 8.69. The summed E-state index contributed by atoms with van der Waals surface area (Å²) in [5, 5.41) is 16.7. The summed E-state index contributed by atoms with van der Waals surface area (Å²) in [5.41, 5.74) is 1.25. The van der Waals surface area contributed by atoms with Crippen LogP contribution in [-0.2, 0) is 16.1 Å². The lowest BCUT2D eigenvalue weighted by atomic mass is 10.2. The molecule has 0 unspecified atom stereocenters. The largest absolute Gasteiger partial charge is 0.467 e. The maximum atomic E-state index is 12.3. The van der Waals surface area contributed by atoms with Crippen molar-refractivity contribution >= 4 is 33.9 Å². The number of para-hydroxylation sites is 1. The molecule has 1 aromatic carbocycles. The third-order valence-electron chi connectivity index (χ3n) is 3.55. The number of furan rings is 1. The third-order valence-corrected chi connectivity index (χ3v) is 4.38. The van der Waals surface area contributed by atoms with Crippen molar-refractivity contribution in [2.75, 3.05) is 17.2 Å². The van der Waals surface area contributed by atoms with Gasteiger partial charge in [-0.05, 0) is 35.7 Å². The van der Waals surface area contributed by atoms with Gasteiger partial charge in [-0.2, -0.15) is 5.26 Å². The lowest BCUT2D eigenvalue weighted by Gasteiger charge is -2.11. The molecule has 3 rings (SSSR count). The number of ether oxygens (including phenoxy) is 1. The van der Waals surface area contributed by atoms with Gasteiger partial charge in [0.15, 0.2) is 6.61 Å². The van der Waals surface area contributed by atoms with Crippen molar-refractivity contribution in [3.8, 4) is 6.07 Å². The number of hydrogen-bond donors (Lipinski definition) is 2. The Balaban J connectivity index is 1.57. The summed E-state index contributed by atoms with van der Waals surface area (Å²) in [6.45, 7) is -0.0405. The minimum Gasteiger partial charge on any atom is -0.467 e. The number of hydrogen-bond acceptors (Lipinski definition) is 7. The highest BCUT2D eigenvalue weighted by atomic mass is 32.1. The van der Waals surface area contributed by atoms with Gasteiger partial charge in [-0.3, -0.25) is 4.79 Å². The number of anilines is 2. The number of benzene rings is 1. The van der Waals surface area contributed by atoms with Crippen LogP contribution >= 0.6 is 11.3 Å². The zero-order valence-electron chi connectivity index (χ0n) is 14.1. The van der Waals surface area contributed by atoms with E-state index in [4.69, 9.17) is 14.4 Å². The predicted molar refractivity (Wildman–Crippen MR) is 100 cm³/mol. The standard InChI is InChI=1S/C19H15N3O4S/c20-10-13-7-9-27-18(13)22-17(23)12-26-19(24)15-5-1-2-6-16(15)21-11-14-4-3-8-25-14/h1-9,21H,11-12H2,(H,22,23). The molecule has 0 saturated heterocycles. The number of esters is 1. The first-order valence-electron chi connectivity index (χ1n) is 7.97. The van der Waals surface area contributed by atoms with Crippen molar-refractivity contribution in [2.45, 2.75) is 6.54 Å². The fraction of sp³-hybridized carbons (Fsp3) is 0.105. The fourth-order valence-corrected chi connectivity index (χ4v) is 3.03. The Morgan fingerprint density at radius 3 is 2.81 bits per heavy atom. The Bertz CT molecular complexity index is 973. The SMILES string of the molecule is N#Cc1ccsc1NC(=O)COC(=O)c1ccccc1NCc1ccco1. The summed E-state index contributed by atoms with van der Waals surface area (Å²) in [6, 6.07) is 14.0. The van der Waals surface area contributed by atoms with E-state index in [2.05, 4.69) is 10.6 Å². The van der Waals surface area contributed by atoms with Crippen LogP contribution in [0.4, 0.5) is 10.7 Å². The molecular weight excluding hydrogens is 366 g/mol. The zero-order chi connectivity index (χ0) is 19.1. The average Bonchev–Trinajstić information content (AvgIpc) is 3.36.